The van der Waals surface area contributed by atoms with Crippen molar-refractivity contribution in [3.63, 3.8) is 0 Å². The van der Waals surface area contributed by atoms with Crippen molar-refractivity contribution in [2.75, 3.05) is 41.5 Å². The number of likely N-dealkylation sites (tertiary alicyclic amines) is 1. The van der Waals surface area contributed by atoms with E-state index in [0.29, 0.717) is 45.1 Å². The Hall–Kier alpha value is -4.71. The van der Waals surface area contributed by atoms with Crippen LogP contribution in [0.3, 0.4) is 0 Å². The Labute approximate surface area is 385 Å². The Morgan fingerprint density at radius 2 is 1.58 bits per heavy atom. The lowest BCUT2D eigenvalue weighted by atomic mass is 9.89. The number of hydrogen-bond acceptors (Lipinski definition) is 12. The van der Waals surface area contributed by atoms with Crippen LogP contribution in [0.2, 0.25) is 0 Å². The maximum atomic E-state index is 14.5. The fourth-order valence-corrected chi connectivity index (χ4v) is 8.82. The topological polar surface area (TPSA) is 213 Å². The van der Waals surface area contributed by atoms with Crippen LogP contribution >= 0.6 is 0 Å². The van der Waals surface area contributed by atoms with Gasteiger partial charge < -0.3 is 39.8 Å². The van der Waals surface area contributed by atoms with Crippen LogP contribution in [0.1, 0.15) is 105 Å². The second-order valence-electron chi connectivity index (χ2n) is 18.4. The number of rotatable bonds is 27. The minimum atomic E-state index is -1.32. The number of nitrogens with zero attached hydrogens (tertiary/aromatic N) is 3. The molecule has 1 saturated heterocycles. The van der Waals surface area contributed by atoms with Crippen molar-refractivity contribution in [3.05, 3.63) is 48.0 Å². The molecule has 0 aliphatic carbocycles. The molecule has 1 aromatic carbocycles. The highest BCUT2D eigenvalue weighted by Gasteiger charge is 2.44. The molecule has 2 aliphatic rings. The first-order valence-corrected chi connectivity index (χ1v) is 23.0. The van der Waals surface area contributed by atoms with E-state index < -0.39 is 65.9 Å². The average Bonchev–Trinajstić information content (AvgIpc) is 3.89. The molecule has 0 saturated carbocycles. The zero-order valence-electron chi connectivity index (χ0n) is 40.5. The number of carbonyl (C=O) groups is 7. The lowest BCUT2D eigenvalue weighted by Gasteiger charge is -2.42. The van der Waals surface area contributed by atoms with Gasteiger partial charge >= 0.3 is 5.97 Å². The third-order valence-electron chi connectivity index (χ3n) is 12.9. The van der Waals surface area contributed by atoms with Gasteiger partial charge in [-0.05, 0) is 56.9 Å². The minimum Gasteiger partial charge on any atom is -0.467 e. The van der Waals surface area contributed by atoms with E-state index in [-0.39, 0.29) is 67.2 Å². The molecule has 0 spiro atoms. The maximum Gasteiger partial charge on any atom is 0.328 e. The summed E-state index contributed by atoms with van der Waals surface area (Å²) in [4.78, 5) is 96.3. The van der Waals surface area contributed by atoms with Crippen molar-refractivity contribution < 1.29 is 52.9 Å². The van der Waals surface area contributed by atoms with Crippen molar-refractivity contribution in [1.82, 2.24) is 30.7 Å². The van der Waals surface area contributed by atoms with Gasteiger partial charge in [0.05, 0.1) is 55.3 Å². The van der Waals surface area contributed by atoms with Crippen LogP contribution in [-0.4, -0.2) is 151 Å². The number of aliphatic hydroxyl groups excluding tert-OH is 1. The lowest BCUT2D eigenvalue weighted by molar-refractivity contribution is -0.149. The van der Waals surface area contributed by atoms with Crippen molar-refractivity contribution in [3.8, 4) is 0 Å². The summed E-state index contributed by atoms with van der Waals surface area (Å²) in [6, 6.07) is 6.54. The molecule has 0 aromatic heterocycles. The molecule has 17 heteroatoms. The van der Waals surface area contributed by atoms with Crippen LogP contribution in [0.15, 0.2) is 42.5 Å². The van der Waals surface area contributed by atoms with E-state index >= 15 is 0 Å². The minimum absolute atomic E-state index is 0.0503. The molecular weight excluding hydrogens is 837 g/mol. The monoisotopic (exact) mass is 913 g/mol. The fraction of sp³-hybridized carbons (Fsp3) is 0.688. The Balaban J connectivity index is 1.68. The number of amides is 6. The van der Waals surface area contributed by atoms with Crippen molar-refractivity contribution in [2.45, 2.75) is 154 Å². The number of methoxy groups -OCH3 is 3. The highest BCUT2D eigenvalue weighted by Crippen LogP contribution is 2.30. The number of imide groups is 1. The highest BCUT2D eigenvalue weighted by atomic mass is 16.5. The number of hydrogen-bond donors (Lipinski definition) is 4. The summed E-state index contributed by atoms with van der Waals surface area (Å²) in [7, 11) is 5.98. The van der Waals surface area contributed by atoms with Crippen molar-refractivity contribution in [1.29, 1.82) is 0 Å². The van der Waals surface area contributed by atoms with E-state index in [4.69, 9.17) is 14.2 Å². The number of likely N-dealkylation sites (N-methyl/N-ethyl adjacent to an activating group) is 1. The largest absolute Gasteiger partial charge is 0.467 e. The van der Waals surface area contributed by atoms with E-state index in [0.717, 1.165) is 5.56 Å². The standard InChI is InChI=1S/C48H76N6O11/c1-12-31(4)42(52(8)45(60)41(30(2)3)50-47(62)48(6,7)51-37(55)23-17-14-18-26-54-38(56)24-25-39(54)57)36(63-9)29-40(58)53-27-19-22-35(53)43(64-10)32(5)44(59)49-34(46(61)65-11)28-33-20-15-13-16-21-33/h13,15-16,20-21,24-25,30-32,34-36,41-43,47,50,62H,12,14,17-19,22-23,26-29H2,1-11H3,(H,49,59)(H,51,55)/t31-,32+,34-,35-,36+,41-,42-,43+,47?/m0/s1. The molecule has 2 aliphatic heterocycles. The predicted octanol–water partition coefficient (Wildman–Crippen LogP) is 3.12. The SMILES string of the molecule is CC[C@H](C)[C@@H]([C@@H](CC(=O)N1CCC[C@H]1[C@H](OC)[C@@H](C)C(=O)N[C@@H](Cc1ccccc1)C(=O)OC)OC)N(C)C(=O)[C@@H](NC(O)C(C)(C)NC(=O)CCCCCN1C(=O)C=CC1=O)C(C)C. The van der Waals surface area contributed by atoms with Gasteiger partial charge in [0.2, 0.25) is 23.6 Å². The molecule has 65 heavy (non-hydrogen) atoms. The molecule has 0 bridgehead atoms. The molecule has 2 heterocycles. The third kappa shape index (κ3) is 15.2. The molecule has 1 aromatic rings. The molecule has 6 amide bonds. The van der Waals surface area contributed by atoms with Gasteiger partial charge in [-0.1, -0.05) is 77.8 Å². The molecule has 17 nitrogen and oxygen atoms in total. The summed E-state index contributed by atoms with van der Waals surface area (Å²) in [6.45, 7) is 13.5. The van der Waals surface area contributed by atoms with Crippen LogP contribution in [0.25, 0.3) is 0 Å². The van der Waals surface area contributed by atoms with Crippen LogP contribution in [0, 0.1) is 17.8 Å². The number of benzene rings is 1. The number of ether oxygens (including phenoxy) is 3. The maximum absolute atomic E-state index is 14.5. The van der Waals surface area contributed by atoms with Crippen molar-refractivity contribution >= 4 is 41.4 Å². The second kappa shape index (κ2) is 25.8. The summed E-state index contributed by atoms with van der Waals surface area (Å²) in [5.41, 5.74) is -0.314. The van der Waals surface area contributed by atoms with Gasteiger partial charge in [0.25, 0.3) is 11.8 Å². The van der Waals surface area contributed by atoms with Crippen LogP contribution in [0.4, 0.5) is 0 Å². The van der Waals surface area contributed by atoms with Crippen molar-refractivity contribution in [2.24, 2.45) is 17.8 Å². The second-order valence-corrected chi connectivity index (χ2v) is 18.4. The first-order chi connectivity index (χ1) is 30.7. The smallest absolute Gasteiger partial charge is 0.328 e. The first-order valence-electron chi connectivity index (χ1n) is 23.0. The zero-order valence-corrected chi connectivity index (χ0v) is 40.5. The Bertz CT molecular complexity index is 1770. The summed E-state index contributed by atoms with van der Waals surface area (Å²) < 4.78 is 17.0. The number of aliphatic hydroxyl groups is 1. The molecule has 1 fully saturated rings. The molecular formula is C48H76N6O11. The number of carbonyl (C=O) groups excluding carboxylic acids is 7. The molecule has 1 unspecified atom stereocenters. The van der Waals surface area contributed by atoms with Crippen LogP contribution in [-0.2, 0) is 54.2 Å². The number of nitrogens with one attached hydrogen (secondary N) is 3. The molecule has 364 valence electrons. The summed E-state index contributed by atoms with van der Waals surface area (Å²) in [6.07, 6.45) is 3.79. The average molecular weight is 913 g/mol. The van der Waals surface area contributed by atoms with E-state index in [9.17, 15) is 38.7 Å². The highest BCUT2D eigenvalue weighted by molar-refractivity contribution is 6.12. The Morgan fingerprint density at radius 1 is 0.938 bits per heavy atom. The van der Waals surface area contributed by atoms with Gasteiger partial charge in [0.15, 0.2) is 0 Å². The van der Waals surface area contributed by atoms with Gasteiger partial charge in [0.1, 0.15) is 12.3 Å². The third-order valence-corrected chi connectivity index (χ3v) is 12.9. The van der Waals surface area contributed by atoms with E-state index in [2.05, 4.69) is 16.0 Å². The van der Waals surface area contributed by atoms with E-state index in [1.165, 1.54) is 38.4 Å². The lowest BCUT2D eigenvalue weighted by Crippen LogP contribution is -2.64. The van der Waals surface area contributed by atoms with Gasteiger partial charge in [-0.15, -0.1) is 0 Å². The predicted molar refractivity (Wildman–Crippen MR) is 245 cm³/mol. The number of esters is 1. The molecule has 4 N–H and O–H groups in total. The summed E-state index contributed by atoms with van der Waals surface area (Å²) in [5.74, 6) is -3.59. The normalized spacial score (nSPS) is 19.0. The van der Waals surface area contributed by atoms with E-state index in [1.807, 2.05) is 58.0 Å². The van der Waals surface area contributed by atoms with Gasteiger partial charge in [-0.2, -0.15) is 0 Å². The number of unbranched alkanes of at least 4 members (excludes halogenated alkanes) is 2. The first kappa shape index (κ1) is 54.6. The van der Waals surface area contributed by atoms with Crippen LogP contribution < -0.4 is 16.0 Å². The quantitative estimate of drug-likeness (QED) is 0.0434. The zero-order chi connectivity index (χ0) is 48.6. The Morgan fingerprint density at radius 3 is 2.15 bits per heavy atom. The van der Waals surface area contributed by atoms with E-state index in [1.54, 1.807) is 37.6 Å². The Kier molecular flexibility index (Phi) is 21.7. The summed E-state index contributed by atoms with van der Waals surface area (Å²) >= 11 is 0. The van der Waals surface area contributed by atoms with Gasteiger partial charge in [-0.25, -0.2) is 4.79 Å². The van der Waals surface area contributed by atoms with Gasteiger partial charge in [0, 0.05) is 59.4 Å². The molecule has 0 radical (unpaired) electrons. The van der Waals surface area contributed by atoms with Gasteiger partial charge in [-0.3, -0.25) is 39.0 Å². The molecule has 3 rings (SSSR count). The summed E-state index contributed by atoms with van der Waals surface area (Å²) in [5, 5.41) is 20.2. The van der Waals surface area contributed by atoms with Crippen LogP contribution in [0.5, 0.6) is 0 Å². The molecule has 9 atom stereocenters. The fourth-order valence-electron chi connectivity index (χ4n) is 8.82.